The largest absolute Gasteiger partial charge is 0.497 e. The summed E-state index contributed by atoms with van der Waals surface area (Å²) in [6, 6.07) is 12.1. The van der Waals surface area contributed by atoms with E-state index in [4.69, 9.17) is 9.47 Å². The van der Waals surface area contributed by atoms with E-state index in [9.17, 15) is 9.18 Å². The fourth-order valence-electron chi connectivity index (χ4n) is 3.68. The zero-order valence-electron chi connectivity index (χ0n) is 15.9. The van der Waals surface area contributed by atoms with Gasteiger partial charge in [0.1, 0.15) is 23.9 Å². The number of hydrogen-bond donors (Lipinski definition) is 1. The molecule has 28 heavy (non-hydrogen) atoms. The summed E-state index contributed by atoms with van der Waals surface area (Å²) in [6.45, 7) is 3.16. The highest BCUT2D eigenvalue weighted by Crippen LogP contribution is 2.28. The van der Waals surface area contributed by atoms with Gasteiger partial charge in [-0.15, -0.1) is 0 Å². The number of fused-ring (bicyclic) bond motifs is 1. The van der Waals surface area contributed by atoms with Gasteiger partial charge in [0, 0.05) is 31.9 Å². The lowest BCUT2D eigenvalue weighted by Gasteiger charge is -2.37. The minimum Gasteiger partial charge on any atom is -0.497 e. The van der Waals surface area contributed by atoms with E-state index < -0.39 is 0 Å². The Morgan fingerprint density at radius 3 is 2.61 bits per heavy atom. The van der Waals surface area contributed by atoms with Crippen molar-refractivity contribution in [1.82, 2.24) is 10.2 Å². The number of ether oxygens (including phenoxy) is 2. The van der Waals surface area contributed by atoms with Crippen molar-refractivity contribution >= 4 is 11.7 Å². The van der Waals surface area contributed by atoms with Crippen molar-refractivity contribution in [3.8, 4) is 11.5 Å². The molecule has 1 N–H and O–H groups in total. The topological polar surface area (TPSA) is 54.0 Å². The Hall–Kier alpha value is -2.96. The van der Waals surface area contributed by atoms with Crippen LogP contribution in [0.2, 0.25) is 0 Å². The standard InChI is InChI=1S/C21H24FN3O3/c1-27-19-6-7-20-15(13-19)12-17(14-28-20)23-21(26)25-10-8-24(9-11-25)18-4-2-16(22)3-5-18/h2-7,13,17H,8-12,14H2,1H3,(H,23,26)/t17-/m0/s1. The number of halogens is 1. The molecule has 7 heteroatoms. The number of methoxy groups -OCH3 is 1. The number of piperazine rings is 1. The van der Waals surface area contributed by atoms with Gasteiger partial charge in [-0.25, -0.2) is 9.18 Å². The number of carbonyl (C=O) groups is 1. The van der Waals surface area contributed by atoms with E-state index in [-0.39, 0.29) is 17.9 Å². The van der Waals surface area contributed by atoms with E-state index in [1.807, 2.05) is 23.1 Å². The molecular weight excluding hydrogens is 361 g/mol. The van der Waals surface area contributed by atoms with Crippen molar-refractivity contribution in [3.05, 3.63) is 53.8 Å². The monoisotopic (exact) mass is 385 g/mol. The quantitative estimate of drug-likeness (QED) is 0.883. The van der Waals surface area contributed by atoms with Crippen molar-refractivity contribution in [2.75, 3.05) is 44.8 Å². The molecule has 0 spiro atoms. The summed E-state index contributed by atoms with van der Waals surface area (Å²) in [7, 11) is 1.64. The minimum atomic E-state index is -0.240. The number of nitrogens with zero attached hydrogens (tertiary/aromatic N) is 2. The summed E-state index contributed by atoms with van der Waals surface area (Å²) in [5.41, 5.74) is 2.02. The van der Waals surface area contributed by atoms with Crippen LogP contribution >= 0.6 is 0 Å². The van der Waals surface area contributed by atoms with Gasteiger partial charge in [0.15, 0.2) is 0 Å². The Kier molecular flexibility index (Phi) is 5.23. The Bertz CT molecular complexity index is 835. The normalized spacial score (nSPS) is 18.9. The summed E-state index contributed by atoms with van der Waals surface area (Å²) in [4.78, 5) is 16.6. The van der Waals surface area contributed by atoms with Gasteiger partial charge >= 0.3 is 6.03 Å². The lowest BCUT2D eigenvalue weighted by atomic mass is 10.0. The lowest BCUT2D eigenvalue weighted by molar-refractivity contribution is 0.178. The van der Waals surface area contributed by atoms with Crippen LogP contribution in [-0.2, 0) is 6.42 Å². The molecule has 2 amide bonds. The molecule has 4 rings (SSSR count). The first-order chi connectivity index (χ1) is 13.6. The molecule has 2 heterocycles. The maximum absolute atomic E-state index is 13.1. The number of carbonyl (C=O) groups excluding carboxylic acids is 1. The molecule has 1 fully saturated rings. The molecule has 0 aromatic heterocycles. The lowest BCUT2D eigenvalue weighted by Crippen LogP contribution is -2.55. The highest BCUT2D eigenvalue weighted by Gasteiger charge is 2.26. The SMILES string of the molecule is COc1ccc2c(c1)C[C@H](NC(=O)N1CCN(c3ccc(F)cc3)CC1)CO2. The van der Waals surface area contributed by atoms with Crippen LogP contribution in [0.5, 0.6) is 11.5 Å². The van der Waals surface area contributed by atoms with Crippen molar-refractivity contribution in [3.63, 3.8) is 0 Å². The molecule has 6 nitrogen and oxygen atoms in total. The van der Waals surface area contributed by atoms with Crippen molar-refractivity contribution in [2.45, 2.75) is 12.5 Å². The molecule has 2 aromatic carbocycles. The summed E-state index contributed by atoms with van der Waals surface area (Å²) < 4.78 is 24.1. The van der Waals surface area contributed by atoms with Gasteiger partial charge in [-0.05, 0) is 54.4 Å². The maximum atomic E-state index is 13.1. The highest BCUT2D eigenvalue weighted by molar-refractivity contribution is 5.75. The van der Waals surface area contributed by atoms with Crippen LogP contribution < -0.4 is 19.7 Å². The smallest absolute Gasteiger partial charge is 0.317 e. The first-order valence-electron chi connectivity index (χ1n) is 9.48. The molecule has 2 aliphatic heterocycles. The molecule has 0 aliphatic carbocycles. The molecule has 2 aromatic rings. The molecule has 1 atom stereocenters. The molecule has 2 aliphatic rings. The van der Waals surface area contributed by atoms with Crippen molar-refractivity contribution < 1.29 is 18.7 Å². The van der Waals surface area contributed by atoms with Gasteiger partial charge in [0.25, 0.3) is 0 Å². The van der Waals surface area contributed by atoms with E-state index >= 15 is 0 Å². The predicted molar refractivity (Wildman–Crippen MR) is 105 cm³/mol. The summed E-state index contributed by atoms with van der Waals surface area (Å²) in [5, 5.41) is 3.08. The van der Waals surface area contributed by atoms with Crippen molar-refractivity contribution in [2.24, 2.45) is 0 Å². The van der Waals surface area contributed by atoms with Gasteiger partial charge in [0.2, 0.25) is 0 Å². The second-order valence-electron chi connectivity index (χ2n) is 7.09. The van der Waals surface area contributed by atoms with Crippen LogP contribution in [0.1, 0.15) is 5.56 Å². The number of urea groups is 1. The summed E-state index contributed by atoms with van der Waals surface area (Å²) in [5.74, 6) is 1.39. The Morgan fingerprint density at radius 1 is 1.14 bits per heavy atom. The number of hydrogen-bond acceptors (Lipinski definition) is 4. The van der Waals surface area contributed by atoms with E-state index in [1.54, 1.807) is 19.2 Å². The third-order valence-corrected chi connectivity index (χ3v) is 5.26. The fourth-order valence-corrected chi connectivity index (χ4v) is 3.68. The molecular formula is C21H24FN3O3. The maximum Gasteiger partial charge on any atom is 0.317 e. The Morgan fingerprint density at radius 2 is 1.89 bits per heavy atom. The first kappa shape index (κ1) is 18.4. The second-order valence-corrected chi connectivity index (χ2v) is 7.09. The zero-order valence-corrected chi connectivity index (χ0v) is 15.9. The first-order valence-corrected chi connectivity index (χ1v) is 9.48. The number of anilines is 1. The van der Waals surface area contributed by atoms with E-state index in [0.717, 1.165) is 35.8 Å². The van der Waals surface area contributed by atoms with E-state index in [1.165, 1.54) is 12.1 Å². The zero-order chi connectivity index (χ0) is 19.5. The van der Waals surface area contributed by atoms with Gasteiger partial charge in [-0.3, -0.25) is 0 Å². The van der Waals surface area contributed by atoms with Gasteiger partial charge in [0.05, 0.1) is 13.2 Å². The van der Waals surface area contributed by atoms with Crippen LogP contribution in [0.15, 0.2) is 42.5 Å². The highest BCUT2D eigenvalue weighted by atomic mass is 19.1. The number of amides is 2. The van der Waals surface area contributed by atoms with Gasteiger partial charge in [-0.1, -0.05) is 0 Å². The average Bonchev–Trinajstić information content (AvgIpc) is 2.74. The molecule has 0 radical (unpaired) electrons. The third kappa shape index (κ3) is 3.98. The third-order valence-electron chi connectivity index (χ3n) is 5.26. The molecule has 0 unspecified atom stereocenters. The average molecular weight is 385 g/mol. The molecule has 0 saturated carbocycles. The molecule has 148 valence electrons. The van der Waals surface area contributed by atoms with Crippen LogP contribution in [0.4, 0.5) is 14.9 Å². The summed E-state index contributed by atoms with van der Waals surface area (Å²) in [6.07, 6.45) is 0.716. The van der Waals surface area contributed by atoms with Gasteiger partial charge in [-0.2, -0.15) is 0 Å². The van der Waals surface area contributed by atoms with Crippen molar-refractivity contribution in [1.29, 1.82) is 0 Å². The number of benzene rings is 2. The molecule has 1 saturated heterocycles. The Balaban J connectivity index is 1.30. The van der Waals surface area contributed by atoms with Gasteiger partial charge < -0.3 is 24.6 Å². The fraction of sp³-hybridized carbons (Fsp3) is 0.381. The predicted octanol–water partition coefficient (Wildman–Crippen LogP) is 2.67. The number of rotatable bonds is 3. The van der Waals surface area contributed by atoms with E-state index in [0.29, 0.717) is 26.1 Å². The van der Waals surface area contributed by atoms with Crippen LogP contribution in [0.3, 0.4) is 0 Å². The van der Waals surface area contributed by atoms with Crippen LogP contribution in [0, 0.1) is 5.82 Å². The number of nitrogens with one attached hydrogen (secondary N) is 1. The van der Waals surface area contributed by atoms with Crippen LogP contribution in [0.25, 0.3) is 0 Å². The summed E-state index contributed by atoms with van der Waals surface area (Å²) >= 11 is 0. The molecule has 0 bridgehead atoms. The minimum absolute atomic E-state index is 0.0674. The van der Waals surface area contributed by atoms with E-state index in [2.05, 4.69) is 10.2 Å². The van der Waals surface area contributed by atoms with Crippen LogP contribution in [-0.4, -0.2) is 56.9 Å². The second kappa shape index (κ2) is 7.96. The Labute approximate surface area is 163 Å².